The van der Waals surface area contributed by atoms with Crippen molar-refractivity contribution in [1.82, 2.24) is 9.80 Å². The lowest BCUT2D eigenvalue weighted by Crippen LogP contribution is -2.56. The molecule has 1 atom stereocenters. The molecule has 1 aliphatic carbocycles. The van der Waals surface area contributed by atoms with Crippen LogP contribution in [-0.2, 0) is 0 Å². The Morgan fingerprint density at radius 3 is 2.16 bits per heavy atom. The number of nitrogens with two attached hydrogens (primary N) is 1. The maximum Gasteiger partial charge on any atom is 0.0306 e. The average Bonchev–Trinajstić information content (AvgIpc) is 2.34. The molecule has 2 N–H and O–H groups in total. The second-order valence-corrected chi connectivity index (χ2v) is 7.39. The first-order valence-electron chi connectivity index (χ1n) is 8.13. The maximum atomic E-state index is 6.13. The third-order valence-corrected chi connectivity index (χ3v) is 5.39. The van der Waals surface area contributed by atoms with Gasteiger partial charge in [-0.3, -0.25) is 4.90 Å². The minimum atomic E-state index is 0.258. The van der Waals surface area contributed by atoms with Gasteiger partial charge in [0.2, 0.25) is 0 Å². The van der Waals surface area contributed by atoms with Crippen LogP contribution < -0.4 is 5.73 Å². The lowest BCUT2D eigenvalue weighted by Gasteiger charge is -2.47. The van der Waals surface area contributed by atoms with E-state index in [4.69, 9.17) is 5.73 Å². The smallest absolute Gasteiger partial charge is 0.0306 e. The molecule has 2 aliphatic rings. The number of likely N-dealkylation sites (tertiary alicyclic amines) is 1. The molecule has 1 saturated carbocycles. The summed E-state index contributed by atoms with van der Waals surface area (Å²) in [6, 6.07) is 0. The molecule has 0 aromatic rings. The summed E-state index contributed by atoms with van der Waals surface area (Å²) < 4.78 is 0. The molecule has 0 amide bonds. The Bertz CT molecular complexity index is 267. The fraction of sp³-hybridized carbons (Fsp3) is 1.00. The Balaban J connectivity index is 1.83. The van der Waals surface area contributed by atoms with Gasteiger partial charge in [0.25, 0.3) is 0 Å². The zero-order valence-corrected chi connectivity index (χ0v) is 13.2. The van der Waals surface area contributed by atoms with Crippen molar-refractivity contribution >= 4 is 0 Å². The third kappa shape index (κ3) is 3.93. The normalized spacial score (nSPS) is 26.4. The van der Waals surface area contributed by atoms with Gasteiger partial charge < -0.3 is 10.6 Å². The molecular formula is C16H33N3. The number of rotatable bonds is 6. The van der Waals surface area contributed by atoms with Crippen molar-refractivity contribution in [3.05, 3.63) is 0 Å². The summed E-state index contributed by atoms with van der Waals surface area (Å²) >= 11 is 0. The number of piperidine rings is 1. The van der Waals surface area contributed by atoms with Crippen molar-refractivity contribution in [3.8, 4) is 0 Å². The molecule has 112 valence electrons. The predicted octanol–water partition coefficient (Wildman–Crippen LogP) is 2.17. The molecule has 3 nitrogen and oxygen atoms in total. The van der Waals surface area contributed by atoms with Crippen LogP contribution in [-0.4, -0.2) is 55.6 Å². The van der Waals surface area contributed by atoms with Gasteiger partial charge in [0.15, 0.2) is 0 Å². The fourth-order valence-corrected chi connectivity index (χ4v) is 3.83. The van der Waals surface area contributed by atoms with Crippen LogP contribution in [0.5, 0.6) is 0 Å². The second-order valence-electron chi connectivity index (χ2n) is 7.39. The van der Waals surface area contributed by atoms with E-state index in [1.54, 1.807) is 0 Å². The lowest BCUT2D eigenvalue weighted by molar-refractivity contribution is 0.0340. The van der Waals surface area contributed by atoms with Crippen LogP contribution in [0.1, 0.15) is 45.4 Å². The molecule has 1 heterocycles. The van der Waals surface area contributed by atoms with Crippen LogP contribution in [0.3, 0.4) is 0 Å². The summed E-state index contributed by atoms with van der Waals surface area (Å²) in [5.41, 5.74) is 6.39. The van der Waals surface area contributed by atoms with E-state index in [-0.39, 0.29) is 5.54 Å². The SMILES string of the molecule is CN(C)CC1CCN(C(C)(CN)CC2CCC2)CC1. The van der Waals surface area contributed by atoms with Gasteiger partial charge >= 0.3 is 0 Å². The zero-order valence-electron chi connectivity index (χ0n) is 13.2. The Morgan fingerprint density at radius 2 is 1.74 bits per heavy atom. The van der Waals surface area contributed by atoms with Gasteiger partial charge in [0.1, 0.15) is 0 Å². The Hall–Kier alpha value is -0.120. The van der Waals surface area contributed by atoms with Gasteiger partial charge in [-0.2, -0.15) is 0 Å². The highest BCUT2D eigenvalue weighted by atomic mass is 15.2. The summed E-state index contributed by atoms with van der Waals surface area (Å²) in [5, 5.41) is 0. The molecule has 0 aromatic carbocycles. The van der Waals surface area contributed by atoms with Crippen molar-refractivity contribution in [2.45, 2.75) is 51.0 Å². The van der Waals surface area contributed by atoms with Crippen molar-refractivity contribution in [2.75, 3.05) is 40.3 Å². The van der Waals surface area contributed by atoms with Crippen LogP contribution in [0.25, 0.3) is 0 Å². The average molecular weight is 267 g/mol. The molecule has 0 radical (unpaired) electrons. The van der Waals surface area contributed by atoms with Crippen molar-refractivity contribution in [1.29, 1.82) is 0 Å². The standard InChI is InChI=1S/C16H33N3/c1-16(13-17,11-14-5-4-6-14)19-9-7-15(8-10-19)12-18(2)3/h14-15H,4-13,17H2,1-3H3. The van der Waals surface area contributed by atoms with Gasteiger partial charge in [-0.1, -0.05) is 19.3 Å². The first-order chi connectivity index (χ1) is 9.03. The zero-order chi connectivity index (χ0) is 13.9. The molecule has 19 heavy (non-hydrogen) atoms. The fourth-order valence-electron chi connectivity index (χ4n) is 3.83. The highest BCUT2D eigenvalue weighted by molar-refractivity contribution is 4.93. The van der Waals surface area contributed by atoms with E-state index < -0.39 is 0 Å². The van der Waals surface area contributed by atoms with E-state index in [1.807, 2.05) is 0 Å². The highest BCUT2D eigenvalue weighted by Gasteiger charge is 2.36. The van der Waals surface area contributed by atoms with E-state index in [9.17, 15) is 0 Å². The summed E-state index contributed by atoms with van der Waals surface area (Å²) in [6.45, 7) is 6.97. The largest absolute Gasteiger partial charge is 0.329 e. The number of hydrogen-bond acceptors (Lipinski definition) is 3. The van der Waals surface area contributed by atoms with Gasteiger partial charge in [0.05, 0.1) is 0 Å². The van der Waals surface area contributed by atoms with Crippen LogP contribution in [0, 0.1) is 11.8 Å². The summed E-state index contributed by atoms with van der Waals surface area (Å²) in [7, 11) is 4.37. The van der Waals surface area contributed by atoms with E-state index in [0.717, 1.165) is 18.4 Å². The summed E-state index contributed by atoms with van der Waals surface area (Å²) in [4.78, 5) is 5.02. The number of hydrogen-bond donors (Lipinski definition) is 1. The van der Waals surface area contributed by atoms with Gasteiger partial charge in [-0.15, -0.1) is 0 Å². The van der Waals surface area contributed by atoms with E-state index in [2.05, 4.69) is 30.8 Å². The van der Waals surface area contributed by atoms with Gasteiger partial charge in [-0.05, 0) is 65.2 Å². The molecule has 1 unspecified atom stereocenters. The van der Waals surface area contributed by atoms with Crippen molar-refractivity contribution < 1.29 is 0 Å². The molecule has 2 fully saturated rings. The third-order valence-electron chi connectivity index (χ3n) is 5.39. The predicted molar refractivity (Wildman–Crippen MR) is 82.3 cm³/mol. The minimum Gasteiger partial charge on any atom is -0.329 e. The first-order valence-corrected chi connectivity index (χ1v) is 8.13. The molecule has 3 heteroatoms. The minimum absolute atomic E-state index is 0.258. The second kappa shape index (κ2) is 6.55. The Morgan fingerprint density at radius 1 is 1.11 bits per heavy atom. The topological polar surface area (TPSA) is 32.5 Å². The molecule has 2 rings (SSSR count). The van der Waals surface area contributed by atoms with Crippen LogP contribution >= 0.6 is 0 Å². The van der Waals surface area contributed by atoms with Crippen LogP contribution in [0.4, 0.5) is 0 Å². The first kappa shape index (κ1) is 15.3. The highest BCUT2D eigenvalue weighted by Crippen LogP contribution is 2.37. The number of nitrogens with zero attached hydrogens (tertiary/aromatic N) is 2. The maximum absolute atomic E-state index is 6.13. The summed E-state index contributed by atoms with van der Waals surface area (Å²) in [6.07, 6.45) is 8.33. The molecule has 0 bridgehead atoms. The van der Waals surface area contributed by atoms with Crippen LogP contribution in [0.15, 0.2) is 0 Å². The lowest BCUT2D eigenvalue weighted by atomic mass is 9.75. The molecular weight excluding hydrogens is 234 g/mol. The van der Waals surface area contributed by atoms with E-state index in [0.29, 0.717) is 0 Å². The summed E-state index contributed by atoms with van der Waals surface area (Å²) in [5.74, 6) is 1.84. The monoisotopic (exact) mass is 267 g/mol. The van der Waals surface area contributed by atoms with Crippen LogP contribution in [0.2, 0.25) is 0 Å². The quantitative estimate of drug-likeness (QED) is 0.800. The molecule has 0 aromatic heterocycles. The van der Waals surface area contributed by atoms with Gasteiger partial charge in [0, 0.05) is 18.6 Å². The Labute approximate surface area is 119 Å². The van der Waals surface area contributed by atoms with E-state index >= 15 is 0 Å². The van der Waals surface area contributed by atoms with E-state index in [1.165, 1.54) is 58.2 Å². The molecule has 0 spiro atoms. The van der Waals surface area contributed by atoms with Crippen molar-refractivity contribution in [3.63, 3.8) is 0 Å². The van der Waals surface area contributed by atoms with Gasteiger partial charge in [-0.25, -0.2) is 0 Å². The molecule has 1 saturated heterocycles. The Kier molecular flexibility index (Phi) is 5.27. The molecule has 1 aliphatic heterocycles. The van der Waals surface area contributed by atoms with Crippen molar-refractivity contribution in [2.24, 2.45) is 17.6 Å².